The summed E-state index contributed by atoms with van der Waals surface area (Å²) in [4.78, 5) is 28.3. The number of carbonyl (C=O) groups is 1. The Morgan fingerprint density at radius 3 is 2.65 bits per heavy atom. The molecule has 0 fully saturated rings. The molecule has 1 atom stereocenters. The first kappa shape index (κ1) is 18.4. The standard InChI is InChI=1S/C18H15Cl2N3O3/c19-12-3-1-11(2-4-12)7-16(20)23-10-21-15-6-5-13(22-17(25)9-24)8-14(15)18(23)26/h1-6,8,10,16,24H,7,9H2,(H,22,25). The summed E-state index contributed by atoms with van der Waals surface area (Å²) in [6.45, 7) is -0.639. The van der Waals surface area contributed by atoms with E-state index in [4.69, 9.17) is 28.3 Å². The highest BCUT2D eigenvalue weighted by Crippen LogP contribution is 2.20. The lowest BCUT2D eigenvalue weighted by atomic mass is 10.1. The number of rotatable bonds is 5. The second-order valence-corrected chi connectivity index (χ2v) is 6.60. The smallest absolute Gasteiger partial charge is 0.262 e. The molecule has 1 heterocycles. The highest BCUT2D eigenvalue weighted by Gasteiger charge is 2.13. The van der Waals surface area contributed by atoms with Crippen molar-refractivity contribution in [2.75, 3.05) is 11.9 Å². The number of halogens is 2. The van der Waals surface area contributed by atoms with Crippen LogP contribution in [0.25, 0.3) is 10.9 Å². The number of hydrogen-bond donors (Lipinski definition) is 2. The van der Waals surface area contributed by atoms with Crippen molar-refractivity contribution in [3.63, 3.8) is 0 Å². The number of fused-ring (bicyclic) bond motifs is 1. The molecule has 0 aliphatic carbocycles. The minimum Gasteiger partial charge on any atom is -0.387 e. The Morgan fingerprint density at radius 2 is 1.96 bits per heavy atom. The van der Waals surface area contributed by atoms with Crippen LogP contribution in [0.1, 0.15) is 11.1 Å². The summed E-state index contributed by atoms with van der Waals surface area (Å²) in [5.41, 5.74) is 0.881. The van der Waals surface area contributed by atoms with Crippen molar-refractivity contribution in [1.29, 1.82) is 0 Å². The number of nitrogens with zero attached hydrogens (tertiary/aromatic N) is 2. The summed E-state index contributed by atoms with van der Waals surface area (Å²) in [6, 6.07) is 12.0. The molecule has 1 aromatic heterocycles. The molecule has 2 aromatic carbocycles. The summed E-state index contributed by atoms with van der Waals surface area (Å²) >= 11 is 12.3. The lowest BCUT2D eigenvalue weighted by Gasteiger charge is -2.14. The number of hydrogen-bond acceptors (Lipinski definition) is 4. The van der Waals surface area contributed by atoms with E-state index in [1.807, 2.05) is 12.1 Å². The fourth-order valence-corrected chi connectivity index (χ4v) is 2.97. The SMILES string of the molecule is O=C(CO)Nc1ccc2ncn(C(Cl)Cc3ccc(Cl)cc3)c(=O)c2c1. The van der Waals surface area contributed by atoms with Gasteiger partial charge >= 0.3 is 0 Å². The van der Waals surface area contributed by atoms with Gasteiger partial charge in [0, 0.05) is 17.1 Å². The van der Waals surface area contributed by atoms with Gasteiger partial charge in [0.25, 0.3) is 5.56 Å². The summed E-state index contributed by atoms with van der Waals surface area (Å²) in [5, 5.41) is 12.3. The van der Waals surface area contributed by atoms with Gasteiger partial charge in [0.1, 0.15) is 12.1 Å². The first-order chi connectivity index (χ1) is 12.5. The Hall–Kier alpha value is -2.41. The maximum atomic E-state index is 12.8. The number of alkyl halides is 1. The first-order valence-electron chi connectivity index (χ1n) is 7.78. The first-order valence-corrected chi connectivity index (χ1v) is 8.59. The van der Waals surface area contributed by atoms with Crippen molar-refractivity contribution < 1.29 is 9.90 Å². The van der Waals surface area contributed by atoms with E-state index >= 15 is 0 Å². The fraction of sp³-hybridized carbons (Fsp3) is 0.167. The molecule has 0 aliphatic rings. The largest absolute Gasteiger partial charge is 0.387 e. The molecule has 134 valence electrons. The van der Waals surface area contributed by atoms with Crippen LogP contribution in [0.3, 0.4) is 0 Å². The van der Waals surface area contributed by atoms with E-state index in [0.29, 0.717) is 28.0 Å². The predicted molar refractivity (Wildman–Crippen MR) is 102 cm³/mol. The van der Waals surface area contributed by atoms with Crippen LogP contribution < -0.4 is 10.9 Å². The van der Waals surface area contributed by atoms with Crippen molar-refractivity contribution in [3.8, 4) is 0 Å². The third-order valence-corrected chi connectivity index (χ3v) is 4.45. The Balaban J connectivity index is 1.92. The second kappa shape index (κ2) is 7.86. The zero-order chi connectivity index (χ0) is 18.7. The predicted octanol–water partition coefficient (Wildman–Crippen LogP) is 2.96. The molecule has 1 unspecified atom stereocenters. The highest BCUT2D eigenvalue weighted by molar-refractivity contribution is 6.30. The lowest BCUT2D eigenvalue weighted by Crippen LogP contribution is -2.24. The lowest BCUT2D eigenvalue weighted by molar-refractivity contribution is -0.118. The molecule has 0 saturated heterocycles. The van der Waals surface area contributed by atoms with Crippen molar-refractivity contribution >= 4 is 45.7 Å². The number of aliphatic hydroxyl groups excluding tert-OH is 1. The van der Waals surface area contributed by atoms with Crippen LogP contribution in [-0.2, 0) is 11.2 Å². The molecule has 8 heteroatoms. The number of carbonyl (C=O) groups excluding carboxylic acids is 1. The fourth-order valence-electron chi connectivity index (χ4n) is 2.53. The molecule has 26 heavy (non-hydrogen) atoms. The van der Waals surface area contributed by atoms with Crippen molar-refractivity contribution in [1.82, 2.24) is 9.55 Å². The molecule has 0 saturated carbocycles. The van der Waals surface area contributed by atoms with E-state index in [1.165, 1.54) is 17.0 Å². The van der Waals surface area contributed by atoms with Gasteiger partial charge in [-0.15, -0.1) is 0 Å². The average molecular weight is 392 g/mol. The molecular formula is C18H15Cl2N3O3. The maximum Gasteiger partial charge on any atom is 0.262 e. The molecule has 0 bridgehead atoms. The Bertz CT molecular complexity index is 1000. The third kappa shape index (κ3) is 4.04. The Labute approximate surface area is 159 Å². The minimum absolute atomic E-state index is 0.316. The van der Waals surface area contributed by atoms with Gasteiger partial charge in [-0.05, 0) is 35.9 Å². The normalized spacial score (nSPS) is 12.1. The average Bonchev–Trinajstić information content (AvgIpc) is 2.64. The third-order valence-electron chi connectivity index (χ3n) is 3.83. The van der Waals surface area contributed by atoms with Gasteiger partial charge < -0.3 is 10.4 Å². The van der Waals surface area contributed by atoms with Gasteiger partial charge in [-0.2, -0.15) is 0 Å². The second-order valence-electron chi connectivity index (χ2n) is 5.66. The van der Waals surface area contributed by atoms with E-state index in [9.17, 15) is 9.59 Å². The zero-order valence-electron chi connectivity index (χ0n) is 13.5. The molecule has 2 N–H and O–H groups in total. The van der Waals surface area contributed by atoms with Crippen molar-refractivity contribution in [2.45, 2.75) is 11.9 Å². The Kier molecular flexibility index (Phi) is 5.56. The molecule has 0 radical (unpaired) electrons. The summed E-state index contributed by atoms with van der Waals surface area (Å²) in [5.74, 6) is -0.563. The molecule has 6 nitrogen and oxygen atoms in total. The van der Waals surface area contributed by atoms with E-state index in [-0.39, 0.29) is 5.56 Å². The molecular weight excluding hydrogens is 377 g/mol. The van der Waals surface area contributed by atoms with Crippen molar-refractivity contribution in [2.24, 2.45) is 0 Å². The number of aromatic nitrogens is 2. The van der Waals surface area contributed by atoms with Crippen LogP contribution in [0, 0.1) is 0 Å². The Morgan fingerprint density at radius 1 is 1.23 bits per heavy atom. The van der Waals surface area contributed by atoms with E-state index in [0.717, 1.165) is 5.56 Å². The summed E-state index contributed by atoms with van der Waals surface area (Å²) in [7, 11) is 0. The molecule has 1 amide bonds. The van der Waals surface area contributed by atoms with Crippen LogP contribution in [0.4, 0.5) is 5.69 Å². The zero-order valence-corrected chi connectivity index (χ0v) is 15.0. The monoisotopic (exact) mass is 391 g/mol. The highest BCUT2D eigenvalue weighted by atomic mass is 35.5. The minimum atomic E-state index is -0.639. The van der Waals surface area contributed by atoms with Crippen LogP contribution >= 0.6 is 23.2 Å². The molecule has 0 spiro atoms. The van der Waals surface area contributed by atoms with Crippen LogP contribution in [-0.4, -0.2) is 27.2 Å². The maximum absolute atomic E-state index is 12.8. The van der Waals surface area contributed by atoms with Gasteiger partial charge in [0.15, 0.2) is 0 Å². The summed E-state index contributed by atoms with van der Waals surface area (Å²) < 4.78 is 1.34. The van der Waals surface area contributed by atoms with E-state index in [1.54, 1.807) is 24.3 Å². The summed E-state index contributed by atoms with van der Waals surface area (Å²) in [6.07, 6.45) is 1.83. The molecule has 3 rings (SSSR count). The van der Waals surface area contributed by atoms with E-state index < -0.39 is 18.0 Å². The van der Waals surface area contributed by atoms with Gasteiger partial charge in [0.2, 0.25) is 5.91 Å². The topological polar surface area (TPSA) is 84.2 Å². The number of anilines is 1. The van der Waals surface area contributed by atoms with Gasteiger partial charge in [-0.3, -0.25) is 14.2 Å². The van der Waals surface area contributed by atoms with Gasteiger partial charge in [-0.25, -0.2) is 4.98 Å². The van der Waals surface area contributed by atoms with Gasteiger partial charge in [-0.1, -0.05) is 35.3 Å². The van der Waals surface area contributed by atoms with Crippen LogP contribution in [0.15, 0.2) is 53.6 Å². The molecule has 3 aromatic rings. The number of benzene rings is 2. The van der Waals surface area contributed by atoms with Crippen molar-refractivity contribution in [3.05, 3.63) is 69.7 Å². The van der Waals surface area contributed by atoms with Crippen LogP contribution in [0.5, 0.6) is 0 Å². The number of amides is 1. The van der Waals surface area contributed by atoms with Crippen LogP contribution in [0.2, 0.25) is 5.02 Å². The quantitative estimate of drug-likeness (QED) is 0.654. The van der Waals surface area contributed by atoms with Gasteiger partial charge in [0.05, 0.1) is 17.2 Å². The number of nitrogens with one attached hydrogen (secondary N) is 1. The van der Waals surface area contributed by atoms with E-state index in [2.05, 4.69) is 10.3 Å². The molecule has 0 aliphatic heterocycles. The number of aliphatic hydroxyl groups is 1.